The van der Waals surface area contributed by atoms with E-state index >= 15 is 0 Å². The molecule has 0 aromatic heterocycles. The number of fused-ring (bicyclic) bond motifs is 4. The molecule has 1 atom stereocenters. The zero-order valence-electron chi connectivity index (χ0n) is 29.3. The van der Waals surface area contributed by atoms with Crippen LogP contribution in [0, 0.1) is 0 Å². The third-order valence-corrected chi connectivity index (χ3v) is 10.6. The molecule has 5 aromatic rings. The summed E-state index contributed by atoms with van der Waals surface area (Å²) in [7, 11) is 0. The van der Waals surface area contributed by atoms with Gasteiger partial charge in [0.2, 0.25) is 0 Å². The lowest BCUT2D eigenvalue weighted by Gasteiger charge is -2.22. The lowest BCUT2D eigenvalue weighted by molar-refractivity contribution is 0.660. The van der Waals surface area contributed by atoms with Gasteiger partial charge in [0, 0.05) is 11.3 Å². The highest BCUT2D eigenvalue weighted by Crippen LogP contribution is 2.53. The van der Waals surface area contributed by atoms with Crippen molar-refractivity contribution in [3.8, 4) is 33.4 Å². The highest BCUT2D eigenvalue weighted by molar-refractivity contribution is 5.96. The first-order chi connectivity index (χ1) is 23.8. The van der Waals surface area contributed by atoms with E-state index in [-0.39, 0.29) is 11.3 Å². The molecule has 7 rings (SSSR count). The van der Waals surface area contributed by atoms with E-state index in [4.69, 9.17) is 0 Å². The third-order valence-electron chi connectivity index (χ3n) is 10.6. The molecule has 0 amide bonds. The second-order valence-corrected chi connectivity index (χ2v) is 13.8. The Morgan fingerprint density at radius 2 is 1.39 bits per heavy atom. The Hall–Kier alpha value is -5.46. The smallest absolute Gasteiger partial charge is 0.0159 e. The number of benzene rings is 5. The summed E-state index contributed by atoms with van der Waals surface area (Å²) in [6.45, 7) is 19.5. The Balaban J connectivity index is 1.34. The van der Waals surface area contributed by atoms with Crippen LogP contribution in [0.15, 0.2) is 170 Å². The van der Waals surface area contributed by atoms with Crippen LogP contribution in [0.5, 0.6) is 0 Å². The summed E-state index contributed by atoms with van der Waals surface area (Å²) >= 11 is 0. The van der Waals surface area contributed by atoms with Crippen LogP contribution < -0.4 is 0 Å². The third kappa shape index (κ3) is 5.33. The Kier molecular flexibility index (Phi) is 8.43. The molecule has 1 unspecified atom stereocenters. The summed E-state index contributed by atoms with van der Waals surface area (Å²) < 4.78 is 0. The highest BCUT2D eigenvalue weighted by atomic mass is 14.4. The van der Waals surface area contributed by atoms with Crippen LogP contribution in [0.1, 0.15) is 73.9 Å². The monoisotopic (exact) mass is 632 g/mol. The Morgan fingerprint density at radius 1 is 0.694 bits per heavy atom. The predicted molar refractivity (Wildman–Crippen MR) is 213 cm³/mol. The molecular formula is C49H44. The molecule has 0 N–H and O–H groups in total. The predicted octanol–water partition coefficient (Wildman–Crippen LogP) is 13.5. The molecule has 0 heteroatoms. The van der Waals surface area contributed by atoms with Gasteiger partial charge in [-0.15, -0.1) is 0 Å². The maximum Gasteiger partial charge on any atom is 0.0159 e. The van der Waals surface area contributed by atoms with E-state index in [1.165, 1.54) is 89.1 Å². The normalized spacial score (nSPS) is 16.5. The number of hydrogen-bond donors (Lipinski definition) is 0. The van der Waals surface area contributed by atoms with Gasteiger partial charge in [-0.2, -0.15) is 0 Å². The number of allylic oxidation sites excluding steroid dienone is 9. The average Bonchev–Trinajstić information content (AvgIpc) is 3.54. The number of hydrogen-bond acceptors (Lipinski definition) is 0. The average molecular weight is 633 g/mol. The molecule has 0 saturated carbocycles. The molecule has 0 bridgehead atoms. The van der Waals surface area contributed by atoms with Gasteiger partial charge in [0.15, 0.2) is 0 Å². The Labute approximate surface area is 292 Å². The number of rotatable bonds is 8. The van der Waals surface area contributed by atoms with Crippen molar-refractivity contribution >= 4 is 11.1 Å². The van der Waals surface area contributed by atoms with Crippen LogP contribution in [-0.4, -0.2) is 0 Å². The summed E-state index contributed by atoms with van der Waals surface area (Å²) in [5.74, 6) is 0.224. The summed E-state index contributed by atoms with van der Waals surface area (Å²) in [5, 5.41) is 0. The van der Waals surface area contributed by atoms with E-state index in [2.05, 4.69) is 181 Å². The van der Waals surface area contributed by atoms with Gasteiger partial charge in [0.05, 0.1) is 0 Å². The SMILES string of the molecule is C=C/C=C\C1=C(c2ccc(-c3cccc4c3-c3ccc(-c5ccccc5)cc3C4(C)C)cc2)c2cccc(/C(C=C)=C(C)/C=C\C)c2C1C. The fraction of sp³-hybridized carbons (Fsp3) is 0.143. The second kappa shape index (κ2) is 12.9. The molecule has 240 valence electrons. The minimum atomic E-state index is -0.0893. The maximum absolute atomic E-state index is 4.21. The van der Waals surface area contributed by atoms with Crippen molar-refractivity contribution in [1.82, 2.24) is 0 Å². The lowest BCUT2D eigenvalue weighted by Crippen LogP contribution is -2.15. The first-order valence-corrected chi connectivity index (χ1v) is 17.4. The van der Waals surface area contributed by atoms with Crippen molar-refractivity contribution in [3.05, 3.63) is 203 Å². The quantitative estimate of drug-likeness (QED) is 0.149. The van der Waals surface area contributed by atoms with Gasteiger partial charge in [0.1, 0.15) is 0 Å². The topological polar surface area (TPSA) is 0 Å². The molecule has 0 saturated heterocycles. The van der Waals surface area contributed by atoms with Crippen molar-refractivity contribution < 1.29 is 0 Å². The minimum Gasteiger partial charge on any atom is -0.0991 e. The molecule has 0 nitrogen and oxygen atoms in total. The van der Waals surface area contributed by atoms with Gasteiger partial charge < -0.3 is 0 Å². The zero-order chi connectivity index (χ0) is 34.3. The first-order valence-electron chi connectivity index (χ1n) is 17.4. The summed E-state index contributed by atoms with van der Waals surface area (Å²) in [6, 6.07) is 40.5. The van der Waals surface area contributed by atoms with Crippen LogP contribution in [0.2, 0.25) is 0 Å². The van der Waals surface area contributed by atoms with E-state index < -0.39 is 0 Å². The van der Waals surface area contributed by atoms with Crippen molar-refractivity contribution in [2.75, 3.05) is 0 Å². The molecule has 49 heavy (non-hydrogen) atoms. The fourth-order valence-corrected chi connectivity index (χ4v) is 8.21. The van der Waals surface area contributed by atoms with Crippen molar-refractivity contribution in [1.29, 1.82) is 0 Å². The summed E-state index contributed by atoms with van der Waals surface area (Å²) in [5.41, 5.74) is 20.6. The Morgan fingerprint density at radius 3 is 2.10 bits per heavy atom. The molecule has 0 fully saturated rings. The molecule has 0 aliphatic heterocycles. The van der Waals surface area contributed by atoms with Gasteiger partial charge in [-0.1, -0.05) is 174 Å². The molecule has 5 aromatic carbocycles. The lowest BCUT2D eigenvalue weighted by atomic mass is 9.81. The van der Waals surface area contributed by atoms with Gasteiger partial charge in [0.25, 0.3) is 0 Å². The standard InChI is InChI=1S/C49H44/c1-8-11-20-39-33(5)46-41(38(10-3)32(4)17-9-2)22-15-23-43(46)47(39)36-27-25-35(26-28-36)40-21-16-24-44-48(40)42-30-29-37(31-45(42)49(44,6)7)34-18-13-12-14-19-34/h8-31,33H,1,3H2,2,4-7H3/b17-9-,20-11-,38-32+. The van der Waals surface area contributed by atoms with Crippen LogP contribution >= 0.6 is 0 Å². The van der Waals surface area contributed by atoms with Crippen LogP contribution in [0.25, 0.3) is 44.5 Å². The van der Waals surface area contributed by atoms with E-state index in [1.807, 2.05) is 12.2 Å². The van der Waals surface area contributed by atoms with Gasteiger partial charge in [-0.25, -0.2) is 0 Å². The maximum atomic E-state index is 4.21. The molecule has 0 spiro atoms. The Bertz CT molecular complexity index is 2230. The molecular weight excluding hydrogens is 589 g/mol. The zero-order valence-corrected chi connectivity index (χ0v) is 29.3. The molecule has 0 radical (unpaired) electrons. The fourth-order valence-electron chi connectivity index (χ4n) is 8.21. The molecule has 2 aliphatic carbocycles. The molecule has 2 aliphatic rings. The van der Waals surface area contributed by atoms with Crippen molar-refractivity contribution in [3.63, 3.8) is 0 Å². The van der Waals surface area contributed by atoms with Crippen molar-refractivity contribution in [2.45, 2.75) is 46.0 Å². The largest absolute Gasteiger partial charge is 0.0991 e. The van der Waals surface area contributed by atoms with E-state index in [0.717, 1.165) is 0 Å². The summed E-state index contributed by atoms with van der Waals surface area (Å²) in [6.07, 6.45) is 12.4. The molecule has 0 heterocycles. The first kappa shape index (κ1) is 32.1. The van der Waals surface area contributed by atoms with Gasteiger partial charge in [-0.05, 0) is 109 Å². The van der Waals surface area contributed by atoms with Crippen LogP contribution in [0.3, 0.4) is 0 Å². The van der Waals surface area contributed by atoms with Crippen molar-refractivity contribution in [2.24, 2.45) is 0 Å². The van der Waals surface area contributed by atoms with Crippen LogP contribution in [0.4, 0.5) is 0 Å². The summed E-state index contributed by atoms with van der Waals surface area (Å²) in [4.78, 5) is 0. The van der Waals surface area contributed by atoms with Crippen LogP contribution in [-0.2, 0) is 5.41 Å². The van der Waals surface area contributed by atoms with E-state index in [0.29, 0.717) is 0 Å². The minimum absolute atomic E-state index is 0.0893. The second-order valence-electron chi connectivity index (χ2n) is 13.8. The van der Waals surface area contributed by atoms with E-state index in [9.17, 15) is 0 Å². The van der Waals surface area contributed by atoms with Gasteiger partial charge in [-0.3, -0.25) is 0 Å². The highest BCUT2D eigenvalue weighted by Gasteiger charge is 2.37. The van der Waals surface area contributed by atoms with E-state index in [1.54, 1.807) is 0 Å². The van der Waals surface area contributed by atoms with Gasteiger partial charge >= 0.3 is 0 Å².